The van der Waals surface area contributed by atoms with Crippen molar-refractivity contribution in [2.75, 3.05) is 0 Å². The molecule has 2 aromatic rings. The first-order valence-corrected chi connectivity index (χ1v) is 6.90. The molecule has 0 saturated carbocycles. The number of nitrogens with zero attached hydrogens (tertiary/aromatic N) is 1. The highest BCUT2D eigenvalue weighted by Crippen LogP contribution is 2.22. The molecule has 0 fully saturated rings. The van der Waals surface area contributed by atoms with Crippen LogP contribution in [0.15, 0.2) is 39.7 Å². The number of rotatable bonds is 1. The second-order valence-electron chi connectivity index (χ2n) is 4.31. The van der Waals surface area contributed by atoms with Crippen molar-refractivity contribution in [3.63, 3.8) is 0 Å². The number of fused-ring (bicyclic) bond motifs is 1. The monoisotopic (exact) mass is 259 g/mol. The van der Waals surface area contributed by atoms with Crippen molar-refractivity contribution < 1.29 is 9.21 Å². The maximum atomic E-state index is 11.9. The third kappa shape index (κ3) is 2.29. The summed E-state index contributed by atoms with van der Waals surface area (Å²) in [7, 11) is 0. The van der Waals surface area contributed by atoms with E-state index in [1.165, 1.54) is 29.1 Å². The third-order valence-electron chi connectivity index (χ3n) is 3.00. The van der Waals surface area contributed by atoms with Crippen LogP contribution in [0.5, 0.6) is 0 Å². The topological polar surface area (TPSA) is 42.6 Å². The fourth-order valence-corrected chi connectivity index (χ4v) is 3.06. The van der Waals surface area contributed by atoms with E-state index in [1.807, 2.05) is 18.2 Å². The first kappa shape index (κ1) is 11.4. The minimum atomic E-state index is -0.238. The Morgan fingerprint density at radius 2 is 1.94 bits per heavy atom. The second kappa shape index (κ2) is 4.90. The van der Waals surface area contributed by atoms with Crippen molar-refractivity contribution in [2.45, 2.75) is 25.7 Å². The van der Waals surface area contributed by atoms with Gasteiger partial charge in [-0.3, -0.25) is 4.79 Å². The molecule has 0 atom stereocenters. The zero-order chi connectivity index (χ0) is 12.4. The average molecular weight is 259 g/mol. The van der Waals surface area contributed by atoms with Gasteiger partial charge in [-0.15, -0.1) is 0 Å². The van der Waals surface area contributed by atoms with Gasteiger partial charge in [0.05, 0.1) is 0 Å². The van der Waals surface area contributed by atoms with Crippen molar-refractivity contribution in [3.8, 4) is 0 Å². The van der Waals surface area contributed by atoms with Crippen LogP contribution in [0.2, 0.25) is 0 Å². The molecule has 0 spiro atoms. The number of hydrogen-bond donors (Lipinski definition) is 0. The van der Waals surface area contributed by atoms with Gasteiger partial charge in [-0.05, 0) is 31.4 Å². The van der Waals surface area contributed by atoms with Crippen LogP contribution in [-0.2, 0) is 12.8 Å². The van der Waals surface area contributed by atoms with E-state index in [0.717, 1.165) is 18.6 Å². The molecule has 1 amide bonds. The maximum absolute atomic E-state index is 11.9. The Bertz CT molecular complexity index is 598. The molecule has 92 valence electrons. The van der Waals surface area contributed by atoms with E-state index in [9.17, 15) is 4.79 Å². The summed E-state index contributed by atoms with van der Waals surface area (Å²) in [6.07, 6.45) is 4.40. The van der Waals surface area contributed by atoms with E-state index >= 15 is 0 Å². The molecular weight excluding hydrogens is 246 g/mol. The zero-order valence-corrected chi connectivity index (χ0v) is 10.7. The number of benzene rings is 1. The first-order valence-electron chi connectivity index (χ1n) is 6.09. The minimum Gasteiger partial charge on any atom is -0.434 e. The molecule has 1 aromatic heterocycles. The fourth-order valence-electron chi connectivity index (χ4n) is 2.07. The third-order valence-corrected chi connectivity index (χ3v) is 4.03. The first-order chi connectivity index (χ1) is 8.83. The van der Waals surface area contributed by atoms with Gasteiger partial charge < -0.3 is 4.42 Å². The van der Waals surface area contributed by atoms with Gasteiger partial charge in [0.2, 0.25) is 0 Å². The molecule has 3 nitrogen and oxygen atoms in total. The lowest BCUT2D eigenvalue weighted by Gasteiger charge is -2.05. The van der Waals surface area contributed by atoms with Crippen molar-refractivity contribution in [1.82, 2.24) is 0 Å². The van der Waals surface area contributed by atoms with Crippen molar-refractivity contribution in [1.29, 1.82) is 0 Å². The second-order valence-corrected chi connectivity index (χ2v) is 5.35. The Morgan fingerprint density at radius 1 is 1.17 bits per heavy atom. The molecular formula is C14H13NO2S. The smallest absolute Gasteiger partial charge is 0.282 e. The van der Waals surface area contributed by atoms with Gasteiger partial charge in [0.15, 0.2) is 0 Å². The van der Waals surface area contributed by atoms with E-state index in [1.54, 1.807) is 12.1 Å². The summed E-state index contributed by atoms with van der Waals surface area (Å²) in [6.45, 7) is 0. The SMILES string of the molecule is O=C(N=c1oc2c(s1)CCCC2)c1ccccc1. The number of hydrogen-bond acceptors (Lipinski definition) is 3. The standard InChI is InChI=1S/C14H13NO2S/c16-13(10-6-2-1-3-7-10)15-14-17-11-8-4-5-9-12(11)18-14/h1-3,6-7H,4-5,8-9H2. The van der Waals surface area contributed by atoms with Crippen LogP contribution >= 0.6 is 11.3 Å². The van der Waals surface area contributed by atoms with Crippen LogP contribution in [0.1, 0.15) is 33.8 Å². The molecule has 0 saturated heterocycles. The normalized spacial score (nSPS) is 15.4. The summed E-state index contributed by atoms with van der Waals surface area (Å²) in [4.78, 5) is 17.7. The molecule has 0 unspecified atom stereocenters. The molecule has 1 aliphatic rings. The predicted molar refractivity (Wildman–Crippen MR) is 69.6 cm³/mol. The summed E-state index contributed by atoms with van der Waals surface area (Å²) >= 11 is 1.50. The Balaban J connectivity index is 1.92. The van der Waals surface area contributed by atoms with E-state index < -0.39 is 0 Å². The van der Waals surface area contributed by atoms with E-state index in [2.05, 4.69) is 4.99 Å². The van der Waals surface area contributed by atoms with E-state index in [-0.39, 0.29) is 5.91 Å². The lowest BCUT2D eigenvalue weighted by atomic mass is 10.0. The van der Waals surface area contributed by atoms with Crippen molar-refractivity contribution in [3.05, 3.63) is 51.4 Å². The summed E-state index contributed by atoms with van der Waals surface area (Å²) in [5.74, 6) is 0.781. The van der Waals surface area contributed by atoms with Crippen LogP contribution in [0.4, 0.5) is 0 Å². The fraction of sp³-hybridized carbons (Fsp3) is 0.286. The van der Waals surface area contributed by atoms with Crippen molar-refractivity contribution >= 4 is 17.2 Å². The molecule has 1 heterocycles. The summed E-state index contributed by atoms with van der Waals surface area (Å²) < 4.78 is 5.63. The van der Waals surface area contributed by atoms with Gasteiger partial charge in [-0.25, -0.2) is 0 Å². The molecule has 0 aliphatic heterocycles. The lowest BCUT2D eigenvalue weighted by Crippen LogP contribution is -2.01. The Labute approximate surface area is 109 Å². The van der Waals surface area contributed by atoms with Crippen LogP contribution in [0, 0.1) is 0 Å². The molecule has 4 heteroatoms. The van der Waals surface area contributed by atoms with Crippen molar-refractivity contribution in [2.24, 2.45) is 4.99 Å². The predicted octanol–water partition coefficient (Wildman–Crippen LogP) is 2.96. The number of carbonyl (C=O) groups is 1. The highest BCUT2D eigenvalue weighted by atomic mass is 32.1. The summed E-state index contributed by atoms with van der Waals surface area (Å²) in [6, 6.07) is 9.07. The maximum Gasteiger partial charge on any atom is 0.282 e. The van der Waals surface area contributed by atoms with Gasteiger partial charge >= 0.3 is 0 Å². The van der Waals surface area contributed by atoms with Gasteiger partial charge in [0.25, 0.3) is 10.8 Å². The number of amides is 1. The molecule has 1 aliphatic carbocycles. The Hall–Kier alpha value is -1.68. The number of carbonyl (C=O) groups excluding carboxylic acids is 1. The molecule has 18 heavy (non-hydrogen) atoms. The van der Waals surface area contributed by atoms with Crippen LogP contribution in [0.25, 0.3) is 0 Å². The van der Waals surface area contributed by atoms with Gasteiger partial charge in [-0.2, -0.15) is 4.99 Å². The molecule has 0 bridgehead atoms. The molecule has 0 N–H and O–H groups in total. The minimum absolute atomic E-state index is 0.238. The largest absolute Gasteiger partial charge is 0.434 e. The highest BCUT2D eigenvalue weighted by molar-refractivity contribution is 7.09. The summed E-state index contributed by atoms with van der Waals surface area (Å²) in [5, 5.41) is 0. The zero-order valence-electron chi connectivity index (χ0n) is 9.89. The number of aryl methyl sites for hydroxylation is 2. The molecule has 3 rings (SSSR count). The lowest BCUT2D eigenvalue weighted by molar-refractivity contribution is 0.0995. The molecule has 1 aromatic carbocycles. The Morgan fingerprint density at radius 3 is 2.72 bits per heavy atom. The van der Waals surface area contributed by atoms with Crippen LogP contribution < -0.4 is 4.87 Å². The quantitative estimate of drug-likeness (QED) is 0.790. The van der Waals surface area contributed by atoms with Gasteiger partial charge in [0.1, 0.15) is 5.76 Å². The average Bonchev–Trinajstić information content (AvgIpc) is 2.82. The van der Waals surface area contributed by atoms with E-state index in [0.29, 0.717) is 10.4 Å². The van der Waals surface area contributed by atoms with Crippen LogP contribution in [-0.4, -0.2) is 5.91 Å². The Kier molecular flexibility index (Phi) is 3.11. The molecule has 0 radical (unpaired) electrons. The van der Waals surface area contributed by atoms with Gasteiger partial charge in [0, 0.05) is 16.9 Å². The summed E-state index contributed by atoms with van der Waals surface area (Å²) in [5.41, 5.74) is 0.596. The van der Waals surface area contributed by atoms with E-state index in [4.69, 9.17) is 4.42 Å². The van der Waals surface area contributed by atoms with Gasteiger partial charge in [-0.1, -0.05) is 29.5 Å². The van der Waals surface area contributed by atoms with Crippen LogP contribution in [0.3, 0.4) is 0 Å². The highest BCUT2D eigenvalue weighted by Gasteiger charge is 2.14.